The Morgan fingerprint density at radius 1 is 1.14 bits per heavy atom. The molecule has 1 aromatic carbocycles. The molecule has 1 rings (SSSR count). The van der Waals surface area contributed by atoms with Gasteiger partial charge in [0.15, 0.2) is 0 Å². The predicted octanol–water partition coefficient (Wildman–Crippen LogP) is -2.90. The van der Waals surface area contributed by atoms with Crippen LogP contribution in [0, 0.1) is 75.5 Å². The van der Waals surface area contributed by atoms with Crippen LogP contribution in [0.3, 0.4) is 0 Å². The Labute approximate surface area is 168 Å². The third kappa shape index (κ3) is 7.41. The minimum atomic E-state index is -4.30. The van der Waals surface area contributed by atoms with Crippen LogP contribution in [0.1, 0.15) is 0 Å². The van der Waals surface area contributed by atoms with Gasteiger partial charge in [0, 0.05) is 75.5 Å². The Bertz CT molecular complexity index is 371. The van der Waals surface area contributed by atoms with Gasteiger partial charge >= 0.3 is 29.6 Å². The molecule has 0 aromatic heterocycles. The van der Waals surface area contributed by atoms with Crippen molar-refractivity contribution in [1.29, 1.82) is 0 Å². The summed E-state index contributed by atoms with van der Waals surface area (Å²) in [5.41, 5.74) is 0. The van der Waals surface area contributed by atoms with Crippen LogP contribution in [0.4, 0.5) is 0 Å². The van der Waals surface area contributed by atoms with E-state index in [9.17, 15) is 13.0 Å². The van der Waals surface area contributed by atoms with E-state index in [2.05, 4.69) is 9.24 Å². The van der Waals surface area contributed by atoms with Crippen LogP contribution >= 0.6 is 9.24 Å². The molecule has 1 atom stereocenters. The summed E-state index contributed by atoms with van der Waals surface area (Å²) in [6.07, 6.45) is 0. The van der Waals surface area contributed by atoms with Crippen molar-refractivity contribution in [2.45, 2.75) is 4.90 Å². The third-order valence-electron chi connectivity index (χ3n) is 1.19. The van der Waals surface area contributed by atoms with Gasteiger partial charge in [0.25, 0.3) is 0 Å². The summed E-state index contributed by atoms with van der Waals surface area (Å²) in [5, 5.41) is 0.405. The van der Waals surface area contributed by atoms with E-state index in [0.717, 1.165) is 0 Å². The molecule has 0 heterocycles. The smallest absolute Gasteiger partial charge is 0.744 e. The van der Waals surface area contributed by atoms with Crippen molar-refractivity contribution in [3.8, 4) is 0 Å². The van der Waals surface area contributed by atoms with Crippen LogP contribution in [0.25, 0.3) is 0 Å². The predicted molar refractivity (Wildman–Crippen MR) is 43.7 cm³/mol. The molecular weight excluding hydrogens is 286 g/mol. The van der Waals surface area contributed by atoms with Crippen molar-refractivity contribution in [2.75, 3.05) is 0 Å². The summed E-state index contributed by atoms with van der Waals surface area (Å²) in [6, 6.07) is 6.01. The van der Waals surface area contributed by atoms with Gasteiger partial charge in [-0.25, -0.2) is 8.42 Å². The minimum Gasteiger partial charge on any atom is -0.744 e. The Balaban J connectivity index is -0.000000403. The molecule has 0 amide bonds. The molecule has 8 heteroatoms. The third-order valence-corrected chi connectivity index (χ3v) is 2.81. The van der Waals surface area contributed by atoms with Gasteiger partial charge in [-0.3, -0.25) is 0 Å². The molecule has 0 saturated carbocycles. The average Bonchev–Trinajstić information content (AvgIpc) is 1.86. The van der Waals surface area contributed by atoms with Crippen LogP contribution in [0.5, 0.6) is 0 Å². The zero-order chi connectivity index (χ0) is 8.48. The molecule has 0 aliphatic rings. The standard InChI is InChI=1S/C6H7O3PS.2Ar.Na/c7-11(8,9)6-4-2-1-3-5(6)10;;;/h1-4H,10H2,(H,7,8,9);;;/q;;;+1/p-1. The van der Waals surface area contributed by atoms with E-state index in [1.165, 1.54) is 12.1 Å². The number of benzene rings is 1. The summed E-state index contributed by atoms with van der Waals surface area (Å²) in [7, 11) is -2.11. The Kier molecular flexibility index (Phi) is 16.0. The summed E-state index contributed by atoms with van der Waals surface area (Å²) in [6.45, 7) is 0. The van der Waals surface area contributed by atoms with Crippen LogP contribution in [0.15, 0.2) is 29.2 Å². The zero-order valence-corrected chi connectivity index (χ0v) is 12.6. The largest absolute Gasteiger partial charge is 1.00 e. The van der Waals surface area contributed by atoms with Crippen molar-refractivity contribution in [3.05, 3.63) is 24.3 Å². The first-order valence-electron chi connectivity index (χ1n) is 2.82. The Hall–Kier alpha value is 3.08. The van der Waals surface area contributed by atoms with Crippen LogP contribution in [-0.4, -0.2) is 13.0 Å². The van der Waals surface area contributed by atoms with Gasteiger partial charge < -0.3 is 4.55 Å². The monoisotopic (exact) mass is 292 g/mol. The van der Waals surface area contributed by atoms with Crippen molar-refractivity contribution in [1.82, 2.24) is 0 Å². The maximum absolute atomic E-state index is 10.5. The normalized spacial score (nSPS) is 9.00. The summed E-state index contributed by atoms with van der Waals surface area (Å²) in [4.78, 5) is -0.176. The molecule has 0 aliphatic heterocycles. The van der Waals surface area contributed by atoms with Gasteiger partial charge in [-0.05, 0) is 11.4 Å². The second-order valence-electron chi connectivity index (χ2n) is 1.99. The number of hydrogen-bond donors (Lipinski definition) is 0. The van der Waals surface area contributed by atoms with Crippen molar-refractivity contribution in [2.24, 2.45) is 0 Å². The second-order valence-corrected chi connectivity index (χ2v) is 3.96. The average molecular weight is 292 g/mol. The van der Waals surface area contributed by atoms with Crippen molar-refractivity contribution in [3.63, 3.8) is 0 Å². The first kappa shape index (κ1) is 22.3. The topological polar surface area (TPSA) is 57.2 Å². The SMILES string of the molecule is O=S(=O)([O-])c1ccccc1P.[Ar].[Ar].[Na+]. The molecule has 0 bridgehead atoms. The van der Waals surface area contributed by atoms with Gasteiger partial charge in [0.2, 0.25) is 0 Å². The summed E-state index contributed by atoms with van der Waals surface area (Å²) < 4.78 is 31.5. The van der Waals surface area contributed by atoms with Crippen LogP contribution < -0.4 is 34.9 Å². The van der Waals surface area contributed by atoms with Crippen LogP contribution in [0.2, 0.25) is 0 Å². The van der Waals surface area contributed by atoms with Crippen LogP contribution in [-0.2, 0) is 10.1 Å². The van der Waals surface area contributed by atoms with E-state index >= 15 is 0 Å². The molecule has 1 aromatic rings. The maximum atomic E-state index is 10.5. The van der Waals surface area contributed by atoms with E-state index in [1.807, 2.05) is 0 Å². The Morgan fingerprint density at radius 3 is 1.86 bits per heavy atom. The van der Waals surface area contributed by atoms with E-state index in [1.54, 1.807) is 12.1 Å². The maximum Gasteiger partial charge on any atom is 1.00 e. The quantitative estimate of drug-likeness (QED) is 0.317. The first-order chi connectivity index (χ1) is 5.02. The molecule has 76 valence electrons. The minimum absolute atomic E-state index is 0. The van der Waals surface area contributed by atoms with E-state index in [4.69, 9.17) is 0 Å². The molecule has 0 N–H and O–H groups in total. The molecule has 0 spiro atoms. The molecule has 1 unspecified atom stereocenters. The fourth-order valence-corrected chi connectivity index (χ4v) is 1.95. The first-order valence-corrected chi connectivity index (χ1v) is 4.81. The molecule has 14 heavy (non-hydrogen) atoms. The fourth-order valence-electron chi connectivity index (χ4n) is 0.708. The second kappa shape index (κ2) is 10.0. The molecule has 0 aliphatic carbocycles. The number of rotatable bonds is 1. The molecule has 0 radical (unpaired) electrons. The molecular formula is C6H6Ar2NaO3PS. The molecule has 0 saturated heterocycles. The van der Waals surface area contributed by atoms with Gasteiger partial charge in [-0.15, -0.1) is 9.24 Å². The zero-order valence-electron chi connectivity index (χ0n) is 7.23. The van der Waals surface area contributed by atoms with E-state index < -0.39 is 10.1 Å². The van der Waals surface area contributed by atoms with E-state index in [0.29, 0.717) is 5.30 Å². The van der Waals surface area contributed by atoms with E-state index in [-0.39, 0.29) is 110 Å². The summed E-state index contributed by atoms with van der Waals surface area (Å²) >= 11 is 0. The van der Waals surface area contributed by atoms with Gasteiger partial charge in [0.05, 0.1) is 4.90 Å². The molecule has 3 nitrogen and oxygen atoms in total. The fraction of sp³-hybridized carbons (Fsp3) is 0. The number of hydrogen-bond acceptors (Lipinski definition) is 3. The van der Waals surface area contributed by atoms with Gasteiger partial charge in [-0.1, -0.05) is 18.2 Å². The van der Waals surface area contributed by atoms with Crippen molar-refractivity contribution < 1.29 is 118 Å². The molecule has 0 fully saturated rings. The van der Waals surface area contributed by atoms with Gasteiger partial charge in [0.1, 0.15) is 10.1 Å². The summed E-state index contributed by atoms with van der Waals surface area (Å²) in [5.74, 6) is 0. The Morgan fingerprint density at radius 2 is 1.57 bits per heavy atom. The van der Waals surface area contributed by atoms with Crippen molar-refractivity contribution >= 4 is 24.7 Å². The van der Waals surface area contributed by atoms with Gasteiger partial charge in [-0.2, -0.15) is 0 Å².